The predicted molar refractivity (Wildman–Crippen MR) is 125 cm³/mol. The lowest BCUT2D eigenvalue weighted by Gasteiger charge is -2.28. The Kier molecular flexibility index (Phi) is 9.15. The van der Waals surface area contributed by atoms with E-state index >= 15 is 0 Å². The van der Waals surface area contributed by atoms with Crippen molar-refractivity contribution in [1.29, 1.82) is 0 Å². The first kappa shape index (κ1) is 24.7. The summed E-state index contributed by atoms with van der Waals surface area (Å²) in [6.07, 6.45) is 1.05. The van der Waals surface area contributed by atoms with E-state index in [4.69, 9.17) is 27.9 Å². The van der Waals surface area contributed by atoms with Gasteiger partial charge in [0.05, 0.1) is 24.1 Å². The maximum Gasteiger partial charge on any atom is 0.243 e. The van der Waals surface area contributed by atoms with Crippen LogP contribution < -0.4 is 14.4 Å². The van der Waals surface area contributed by atoms with E-state index < -0.39 is 16.1 Å². The molecule has 2 rings (SSSR count). The monoisotopic (exact) mass is 490 g/mol. The van der Waals surface area contributed by atoms with Gasteiger partial charge in [-0.25, -0.2) is 8.42 Å². The van der Waals surface area contributed by atoms with Crippen LogP contribution in [0, 0.1) is 0 Å². The van der Waals surface area contributed by atoms with Crippen LogP contribution in [0.4, 0.5) is 5.69 Å². The number of benzene rings is 2. The third-order valence-electron chi connectivity index (χ3n) is 4.21. The number of nitrogens with one attached hydrogen (secondary N) is 1. The number of hydrogen-bond acceptors (Lipinski definition) is 5. The van der Waals surface area contributed by atoms with E-state index in [1.807, 2.05) is 24.3 Å². The molecule has 0 heterocycles. The summed E-state index contributed by atoms with van der Waals surface area (Å²) in [7, 11) is -2.25. The highest BCUT2D eigenvalue weighted by Gasteiger charge is 2.29. The molecule has 0 bridgehead atoms. The summed E-state index contributed by atoms with van der Waals surface area (Å²) in [4.78, 5) is 12.6. The molecular formula is C20H24Cl2N2O4S2. The van der Waals surface area contributed by atoms with Gasteiger partial charge in [0.25, 0.3) is 0 Å². The fourth-order valence-electron chi connectivity index (χ4n) is 2.77. The average molecular weight is 491 g/mol. The number of rotatable bonds is 10. The van der Waals surface area contributed by atoms with Gasteiger partial charge in [0.15, 0.2) is 0 Å². The number of carbonyl (C=O) groups excluding carboxylic acids is 1. The number of anilines is 1. The second-order valence-corrected chi connectivity index (χ2v) is 10.3. The first-order valence-electron chi connectivity index (χ1n) is 9.06. The maximum atomic E-state index is 12.6. The first-order chi connectivity index (χ1) is 14.1. The van der Waals surface area contributed by atoms with Crippen LogP contribution in [0.2, 0.25) is 10.0 Å². The highest BCUT2D eigenvalue weighted by atomic mass is 35.5. The maximum absolute atomic E-state index is 12.6. The fraction of sp³-hybridized carbons (Fsp3) is 0.350. The molecule has 0 aliphatic rings. The molecular weight excluding hydrogens is 467 g/mol. The van der Waals surface area contributed by atoms with Crippen molar-refractivity contribution in [2.75, 3.05) is 30.0 Å². The van der Waals surface area contributed by atoms with Crippen LogP contribution in [-0.2, 0) is 20.6 Å². The number of sulfonamides is 1. The van der Waals surface area contributed by atoms with Crippen LogP contribution in [-0.4, -0.2) is 46.0 Å². The van der Waals surface area contributed by atoms with Gasteiger partial charge in [-0.3, -0.25) is 9.10 Å². The van der Waals surface area contributed by atoms with E-state index in [0.717, 1.165) is 21.9 Å². The minimum atomic E-state index is -3.72. The van der Waals surface area contributed by atoms with E-state index in [-0.39, 0.29) is 10.9 Å². The third-order valence-corrected chi connectivity index (χ3v) is 7.03. The van der Waals surface area contributed by atoms with Gasteiger partial charge in [-0.05, 0) is 42.8 Å². The summed E-state index contributed by atoms with van der Waals surface area (Å²) in [5, 5.41) is 3.74. The Balaban J connectivity index is 1.95. The Bertz CT molecular complexity index is 969. The van der Waals surface area contributed by atoms with Crippen molar-refractivity contribution in [3.05, 3.63) is 58.1 Å². The summed E-state index contributed by atoms with van der Waals surface area (Å²) >= 11 is 13.7. The van der Waals surface area contributed by atoms with Crippen molar-refractivity contribution < 1.29 is 17.9 Å². The molecule has 30 heavy (non-hydrogen) atoms. The van der Waals surface area contributed by atoms with Crippen molar-refractivity contribution in [3.8, 4) is 5.75 Å². The van der Waals surface area contributed by atoms with Gasteiger partial charge >= 0.3 is 0 Å². The zero-order valence-electron chi connectivity index (χ0n) is 16.9. The number of carbonyl (C=O) groups is 1. The van der Waals surface area contributed by atoms with Gasteiger partial charge in [0.1, 0.15) is 11.8 Å². The van der Waals surface area contributed by atoms with E-state index in [0.29, 0.717) is 28.8 Å². The number of nitrogens with zero attached hydrogens (tertiary/aromatic N) is 1. The van der Waals surface area contributed by atoms with Crippen LogP contribution >= 0.6 is 35.0 Å². The normalized spacial score (nSPS) is 12.3. The standard InChI is InChI=1S/C20H24Cl2N2O4S2/c1-14(20(25)23-10-11-29-13-15-4-6-16(21)7-5-15)24(30(3,26)27)17-8-9-19(28-2)18(22)12-17/h4-9,12,14H,10-11,13H2,1-3H3,(H,23,25)/t14-/m1/s1. The van der Waals surface area contributed by atoms with Crippen molar-refractivity contribution in [1.82, 2.24) is 5.32 Å². The molecule has 1 amide bonds. The lowest BCUT2D eigenvalue weighted by atomic mass is 10.2. The van der Waals surface area contributed by atoms with Crippen LogP contribution in [0.5, 0.6) is 5.75 Å². The lowest BCUT2D eigenvalue weighted by Crippen LogP contribution is -2.48. The summed E-state index contributed by atoms with van der Waals surface area (Å²) in [6, 6.07) is 11.2. The summed E-state index contributed by atoms with van der Waals surface area (Å²) in [5.41, 5.74) is 1.44. The SMILES string of the molecule is COc1ccc(N([C@H](C)C(=O)NCCSCc2ccc(Cl)cc2)S(C)(=O)=O)cc1Cl. The quantitative estimate of drug-likeness (QED) is 0.504. The van der Waals surface area contributed by atoms with E-state index in [1.54, 1.807) is 23.9 Å². The van der Waals surface area contributed by atoms with Crippen molar-refractivity contribution in [2.45, 2.75) is 18.7 Å². The molecule has 0 spiro atoms. The van der Waals surface area contributed by atoms with Crippen molar-refractivity contribution in [2.24, 2.45) is 0 Å². The van der Waals surface area contributed by atoms with Crippen molar-refractivity contribution >= 4 is 56.6 Å². The smallest absolute Gasteiger partial charge is 0.243 e. The summed E-state index contributed by atoms with van der Waals surface area (Å²) in [6.45, 7) is 1.96. The summed E-state index contributed by atoms with van der Waals surface area (Å²) < 4.78 is 30.9. The Morgan fingerprint density at radius 2 is 1.87 bits per heavy atom. The Hall–Kier alpha value is -1.61. The Morgan fingerprint density at radius 3 is 2.43 bits per heavy atom. The molecule has 0 saturated carbocycles. The predicted octanol–water partition coefficient (Wildman–Crippen LogP) is 4.21. The Morgan fingerprint density at radius 1 is 1.20 bits per heavy atom. The molecule has 0 fully saturated rings. The van der Waals surface area contributed by atoms with Gasteiger partial charge in [0.2, 0.25) is 15.9 Å². The highest BCUT2D eigenvalue weighted by Crippen LogP contribution is 2.31. The van der Waals surface area contributed by atoms with Crippen LogP contribution in [0.1, 0.15) is 12.5 Å². The molecule has 0 aromatic heterocycles. The first-order valence-corrected chi connectivity index (χ1v) is 12.8. The second-order valence-electron chi connectivity index (χ2n) is 6.52. The van der Waals surface area contributed by atoms with E-state index in [9.17, 15) is 13.2 Å². The molecule has 0 saturated heterocycles. The number of thioether (sulfide) groups is 1. The minimum absolute atomic E-state index is 0.259. The number of hydrogen-bond donors (Lipinski definition) is 1. The van der Waals surface area contributed by atoms with Gasteiger partial charge in [-0.15, -0.1) is 0 Å². The van der Waals surface area contributed by atoms with E-state index in [1.165, 1.54) is 20.1 Å². The second kappa shape index (κ2) is 11.1. The molecule has 0 aliphatic carbocycles. The Labute approximate surface area is 191 Å². The summed E-state index contributed by atoms with van der Waals surface area (Å²) in [5.74, 6) is 1.51. The van der Waals surface area contributed by atoms with E-state index in [2.05, 4.69) is 5.32 Å². The molecule has 6 nitrogen and oxygen atoms in total. The molecule has 0 unspecified atom stereocenters. The zero-order valence-corrected chi connectivity index (χ0v) is 20.0. The van der Waals surface area contributed by atoms with Crippen molar-refractivity contribution in [3.63, 3.8) is 0 Å². The molecule has 2 aromatic rings. The molecule has 10 heteroatoms. The molecule has 0 aliphatic heterocycles. The minimum Gasteiger partial charge on any atom is -0.495 e. The van der Waals surface area contributed by atoms with Gasteiger partial charge in [-0.1, -0.05) is 35.3 Å². The molecule has 2 aromatic carbocycles. The molecule has 0 radical (unpaired) electrons. The molecule has 1 atom stereocenters. The van der Waals surface area contributed by atoms with Gasteiger partial charge in [0, 0.05) is 23.1 Å². The number of methoxy groups -OCH3 is 1. The number of ether oxygens (including phenoxy) is 1. The zero-order chi connectivity index (χ0) is 22.3. The number of amides is 1. The van der Waals surface area contributed by atoms with Gasteiger partial charge in [-0.2, -0.15) is 11.8 Å². The highest BCUT2D eigenvalue weighted by molar-refractivity contribution is 7.98. The molecule has 164 valence electrons. The largest absolute Gasteiger partial charge is 0.495 e. The van der Waals surface area contributed by atoms with Crippen LogP contribution in [0.25, 0.3) is 0 Å². The number of halogens is 2. The molecule has 1 N–H and O–H groups in total. The van der Waals surface area contributed by atoms with Gasteiger partial charge < -0.3 is 10.1 Å². The third kappa shape index (κ3) is 6.97. The topological polar surface area (TPSA) is 75.7 Å². The fourth-order valence-corrected chi connectivity index (χ4v) is 5.13. The lowest BCUT2D eigenvalue weighted by molar-refractivity contribution is -0.121. The average Bonchev–Trinajstić information content (AvgIpc) is 2.68. The van der Waals surface area contributed by atoms with Crippen LogP contribution in [0.3, 0.4) is 0 Å². The van der Waals surface area contributed by atoms with Crippen LogP contribution in [0.15, 0.2) is 42.5 Å².